The number of esters is 1. The van der Waals surface area contributed by atoms with Crippen LogP contribution in [0.4, 0.5) is 11.6 Å². The Kier molecular flexibility index (Phi) is 7.62. The van der Waals surface area contributed by atoms with Crippen molar-refractivity contribution >= 4 is 38.2 Å². The highest BCUT2D eigenvalue weighted by molar-refractivity contribution is 7.91. The number of sulfone groups is 1. The topological polar surface area (TPSA) is 146 Å². The zero-order chi connectivity index (χ0) is 27.8. The fourth-order valence-corrected chi connectivity index (χ4v) is 5.00. The average molecular weight is 542 g/mol. The first-order chi connectivity index (χ1) is 17.8. The lowest BCUT2D eigenvalue weighted by atomic mass is 9.88. The van der Waals surface area contributed by atoms with Crippen LogP contribution in [0.5, 0.6) is 5.88 Å². The number of cyclic esters (lactones) is 1. The molecule has 11 heteroatoms. The van der Waals surface area contributed by atoms with E-state index in [2.05, 4.69) is 20.3 Å². The molecule has 3 aromatic heterocycles. The van der Waals surface area contributed by atoms with Gasteiger partial charge in [-0.3, -0.25) is 0 Å². The maximum absolute atomic E-state index is 12.1. The lowest BCUT2D eigenvalue weighted by molar-refractivity contribution is 0.0445. The predicted octanol–water partition coefficient (Wildman–Crippen LogP) is 4.22. The highest BCUT2D eigenvalue weighted by Crippen LogP contribution is 2.35. The highest BCUT2D eigenvalue weighted by Gasteiger charge is 2.27. The third kappa shape index (κ3) is 5.73. The number of pyridine rings is 3. The van der Waals surface area contributed by atoms with Crippen molar-refractivity contribution in [3.8, 4) is 5.88 Å². The molecule has 0 aliphatic carbocycles. The minimum Gasteiger partial charge on any atom is -0.474 e. The van der Waals surface area contributed by atoms with Gasteiger partial charge in [-0.05, 0) is 56.3 Å². The van der Waals surface area contributed by atoms with Crippen molar-refractivity contribution < 1.29 is 22.7 Å². The number of hydrogen-bond acceptors (Lipinski definition) is 10. The minimum atomic E-state index is -3.18. The van der Waals surface area contributed by atoms with Gasteiger partial charge in [-0.25, -0.2) is 28.2 Å². The molecule has 4 heterocycles. The number of nitrogens with two attached hydrogens (primary N) is 1. The summed E-state index contributed by atoms with van der Waals surface area (Å²) in [7, 11) is -3.18. The van der Waals surface area contributed by atoms with Gasteiger partial charge in [0.15, 0.2) is 0 Å². The number of ether oxygens (including phenoxy) is 2. The Labute approximate surface area is 223 Å². The summed E-state index contributed by atoms with van der Waals surface area (Å²) in [4.78, 5) is 25.8. The van der Waals surface area contributed by atoms with Crippen LogP contribution >= 0.6 is 0 Å². The number of nitrogens with one attached hydrogen (secondary N) is 1. The molecule has 4 atom stereocenters. The van der Waals surface area contributed by atoms with E-state index in [1.165, 1.54) is 6.26 Å². The van der Waals surface area contributed by atoms with Crippen LogP contribution < -0.4 is 15.8 Å². The van der Waals surface area contributed by atoms with Crippen molar-refractivity contribution in [1.29, 1.82) is 0 Å². The SMILES string of the molecule is CCC(C)(N)c1cnc(O[C@H](C)C[C@@H](C)S(C)(=O)=O)c2cnc(Nc3ccc4c(n3)[C@H](C)COC4=O)cc12. The number of nitrogens with zero attached hydrogens (tertiary/aromatic N) is 3. The molecule has 1 aliphatic rings. The predicted molar refractivity (Wildman–Crippen MR) is 147 cm³/mol. The smallest absolute Gasteiger partial charge is 0.340 e. The summed E-state index contributed by atoms with van der Waals surface area (Å²) in [6.45, 7) is 9.70. The lowest BCUT2D eigenvalue weighted by Gasteiger charge is -2.26. The van der Waals surface area contributed by atoms with Crippen LogP contribution in [-0.4, -0.2) is 53.6 Å². The summed E-state index contributed by atoms with van der Waals surface area (Å²) in [6, 6.07) is 5.30. The summed E-state index contributed by atoms with van der Waals surface area (Å²) in [5, 5.41) is 4.18. The molecule has 1 unspecified atom stereocenters. The summed E-state index contributed by atoms with van der Waals surface area (Å²) in [5.41, 5.74) is 7.97. The van der Waals surface area contributed by atoms with Crippen LogP contribution in [0.15, 0.2) is 30.6 Å². The molecule has 4 rings (SSSR count). The maximum atomic E-state index is 12.1. The van der Waals surface area contributed by atoms with Crippen molar-refractivity contribution in [1.82, 2.24) is 15.0 Å². The molecule has 0 amide bonds. The maximum Gasteiger partial charge on any atom is 0.340 e. The second-order valence-electron chi connectivity index (χ2n) is 10.4. The third-order valence-corrected chi connectivity index (χ3v) is 8.78. The molecule has 3 N–H and O–H groups in total. The minimum absolute atomic E-state index is 0.0127. The Bertz CT molecular complexity index is 1470. The first-order valence-electron chi connectivity index (χ1n) is 12.7. The molecule has 204 valence electrons. The summed E-state index contributed by atoms with van der Waals surface area (Å²) in [6.07, 6.45) is 5.22. The Morgan fingerprint density at radius 2 is 1.95 bits per heavy atom. The van der Waals surface area contributed by atoms with Crippen LogP contribution in [0.3, 0.4) is 0 Å². The van der Waals surface area contributed by atoms with E-state index in [9.17, 15) is 13.2 Å². The zero-order valence-corrected chi connectivity index (χ0v) is 23.4. The average Bonchev–Trinajstić information content (AvgIpc) is 2.85. The molecule has 38 heavy (non-hydrogen) atoms. The number of fused-ring (bicyclic) bond motifs is 2. The summed E-state index contributed by atoms with van der Waals surface area (Å²) in [5.74, 6) is 1.08. The van der Waals surface area contributed by atoms with Gasteiger partial charge in [0.25, 0.3) is 0 Å². The monoisotopic (exact) mass is 541 g/mol. The second kappa shape index (κ2) is 10.5. The number of rotatable bonds is 9. The number of anilines is 2. The second-order valence-corrected chi connectivity index (χ2v) is 12.9. The Morgan fingerprint density at radius 1 is 1.21 bits per heavy atom. The molecule has 3 aromatic rings. The van der Waals surface area contributed by atoms with Gasteiger partial charge in [0.1, 0.15) is 21.5 Å². The van der Waals surface area contributed by atoms with Gasteiger partial charge in [0.2, 0.25) is 5.88 Å². The van der Waals surface area contributed by atoms with Crippen molar-refractivity contribution in [3.63, 3.8) is 0 Å². The van der Waals surface area contributed by atoms with Crippen LogP contribution in [0.1, 0.15) is 75.0 Å². The van der Waals surface area contributed by atoms with Gasteiger partial charge in [-0.2, -0.15) is 0 Å². The molecule has 0 saturated heterocycles. The van der Waals surface area contributed by atoms with E-state index in [0.29, 0.717) is 53.6 Å². The Balaban J connectivity index is 1.70. The molecule has 10 nitrogen and oxygen atoms in total. The van der Waals surface area contributed by atoms with Crippen molar-refractivity contribution in [2.45, 2.75) is 70.3 Å². The standard InChI is InChI=1S/C27H35N5O5S/c1-7-27(5,28)21-13-30-25(37-16(3)10-17(4)38(6,34)35)20-12-29-23(11-19(20)21)31-22-9-8-18-24(32-22)15(2)14-36-26(18)33/h8-9,11-13,15-17H,7,10,14,28H2,1-6H3,(H,29,31,32)/t15-,16-,17-,27?/m1/s1. The van der Waals surface area contributed by atoms with Crippen molar-refractivity contribution in [3.05, 3.63) is 47.4 Å². The molecule has 0 radical (unpaired) electrons. The molecule has 0 spiro atoms. The molecular formula is C27H35N5O5S. The van der Waals surface area contributed by atoms with Gasteiger partial charge in [0, 0.05) is 36.5 Å². The fourth-order valence-electron chi connectivity index (χ4n) is 4.38. The Morgan fingerprint density at radius 3 is 2.63 bits per heavy atom. The van der Waals surface area contributed by atoms with Crippen LogP contribution in [0.2, 0.25) is 0 Å². The van der Waals surface area contributed by atoms with E-state index in [1.54, 1.807) is 31.5 Å². The molecule has 0 saturated carbocycles. The van der Waals surface area contributed by atoms with Gasteiger partial charge >= 0.3 is 5.97 Å². The van der Waals surface area contributed by atoms with Gasteiger partial charge in [0.05, 0.1) is 34.6 Å². The van der Waals surface area contributed by atoms with Crippen molar-refractivity contribution in [2.24, 2.45) is 5.73 Å². The van der Waals surface area contributed by atoms with E-state index < -0.39 is 20.6 Å². The summed E-state index contributed by atoms with van der Waals surface area (Å²) >= 11 is 0. The Hall–Kier alpha value is -3.31. The van der Waals surface area contributed by atoms with Crippen LogP contribution in [0, 0.1) is 0 Å². The quantitative estimate of drug-likeness (QED) is 0.377. The normalized spacial score (nSPS) is 18.7. The van der Waals surface area contributed by atoms with E-state index in [1.807, 2.05) is 33.8 Å². The zero-order valence-electron chi connectivity index (χ0n) is 22.6. The molecule has 0 fully saturated rings. The number of carbonyl (C=O) groups is 1. The van der Waals surface area contributed by atoms with Crippen molar-refractivity contribution in [2.75, 3.05) is 18.2 Å². The molecule has 1 aliphatic heterocycles. The van der Waals surface area contributed by atoms with E-state index in [0.717, 1.165) is 10.9 Å². The fraction of sp³-hybridized carbons (Fsp3) is 0.481. The number of carbonyl (C=O) groups excluding carboxylic acids is 1. The van der Waals surface area contributed by atoms with Gasteiger partial charge in [-0.1, -0.05) is 13.8 Å². The molecule has 0 aromatic carbocycles. The van der Waals surface area contributed by atoms with Gasteiger partial charge < -0.3 is 20.5 Å². The summed E-state index contributed by atoms with van der Waals surface area (Å²) < 4.78 is 35.1. The number of hydrogen-bond donors (Lipinski definition) is 2. The van der Waals surface area contributed by atoms with E-state index in [-0.39, 0.29) is 18.0 Å². The number of aromatic nitrogens is 3. The lowest BCUT2D eigenvalue weighted by Crippen LogP contribution is -2.32. The largest absolute Gasteiger partial charge is 0.474 e. The third-order valence-electron chi connectivity index (χ3n) is 7.12. The first-order valence-corrected chi connectivity index (χ1v) is 14.6. The van der Waals surface area contributed by atoms with Crippen LogP contribution in [0.25, 0.3) is 10.8 Å². The molecule has 0 bridgehead atoms. The molecular weight excluding hydrogens is 506 g/mol. The van der Waals surface area contributed by atoms with Gasteiger partial charge in [-0.15, -0.1) is 0 Å². The first kappa shape index (κ1) is 27.7. The van der Waals surface area contributed by atoms with Crippen LogP contribution in [-0.2, 0) is 20.1 Å². The van der Waals surface area contributed by atoms with E-state index in [4.69, 9.17) is 15.2 Å². The van der Waals surface area contributed by atoms with E-state index >= 15 is 0 Å². The highest BCUT2D eigenvalue weighted by atomic mass is 32.2.